The van der Waals surface area contributed by atoms with Crippen LogP contribution in [0.2, 0.25) is 0 Å². The molecule has 208 valence electrons. The van der Waals surface area contributed by atoms with Gasteiger partial charge in [0.1, 0.15) is 30.2 Å². The maximum Gasteiger partial charge on any atom is 0.489 e. The van der Waals surface area contributed by atoms with Crippen LogP contribution in [0.1, 0.15) is 11.8 Å². The minimum absolute atomic E-state index is 0.0465. The van der Waals surface area contributed by atoms with Crippen LogP contribution in [0.5, 0.6) is 0 Å². The Hall–Kier alpha value is -2.30. The maximum absolute atomic E-state index is 12.2. The lowest BCUT2D eigenvalue weighted by Crippen LogP contribution is -2.33. The molecule has 1 saturated heterocycles. The Morgan fingerprint density at radius 1 is 1.03 bits per heavy atom. The summed E-state index contributed by atoms with van der Waals surface area (Å²) < 4.78 is 56.1. The molecule has 0 radical (unpaired) electrons. The highest BCUT2D eigenvalue weighted by Crippen LogP contribution is 2.67. The van der Waals surface area contributed by atoms with Crippen LogP contribution in [0.25, 0.3) is 11.2 Å². The molecule has 4 rings (SSSR count). The van der Waals surface area contributed by atoms with Crippen molar-refractivity contribution in [3.8, 4) is 0 Å². The molecular formula is C17H23N6O12P3. The fraction of sp³-hybridized carbons (Fsp3) is 0.353. The Morgan fingerprint density at radius 3 is 2.39 bits per heavy atom. The number of ether oxygens (including phenoxy) is 1. The first-order valence-corrected chi connectivity index (χ1v) is 15.1. The van der Waals surface area contributed by atoms with Gasteiger partial charge in [-0.05, 0) is 19.1 Å². The lowest BCUT2D eigenvalue weighted by molar-refractivity contribution is -0.0503. The highest BCUT2D eigenvalue weighted by molar-refractivity contribution is 7.68. The second-order valence-electron chi connectivity index (χ2n) is 8.02. The summed E-state index contributed by atoms with van der Waals surface area (Å²) in [5.41, 5.74) is 6.96. The summed E-state index contributed by atoms with van der Waals surface area (Å²) in [6.07, 6.45) is -3.61. The number of nitrogens with two attached hydrogens (primary N) is 1. The molecule has 1 aliphatic rings. The lowest BCUT2D eigenvalue weighted by atomic mass is 10.1. The zero-order valence-electron chi connectivity index (χ0n) is 19.3. The molecule has 0 spiro atoms. The summed E-state index contributed by atoms with van der Waals surface area (Å²) in [4.78, 5) is 41.3. The van der Waals surface area contributed by atoms with E-state index in [9.17, 15) is 38.6 Å². The van der Waals surface area contributed by atoms with Crippen molar-refractivity contribution in [2.45, 2.75) is 31.5 Å². The topological polar surface area (TPSA) is 271 Å². The van der Waals surface area contributed by atoms with Crippen LogP contribution in [-0.2, 0) is 31.6 Å². The van der Waals surface area contributed by atoms with Gasteiger partial charge in [0.05, 0.1) is 12.9 Å². The molecule has 7 atom stereocenters. The van der Waals surface area contributed by atoms with Gasteiger partial charge in [-0.3, -0.25) is 14.2 Å². The zero-order valence-corrected chi connectivity index (χ0v) is 22.0. The number of aromatic nitrogens is 4. The molecule has 0 amide bonds. The third kappa shape index (κ3) is 6.63. The summed E-state index contributed by atoms with van der Waals surface area (Å²) in [7, 11) is -16.2. The number of phosphoric ester groups is 1. The number of nitrogens with zero attached hydrogens (tertiary/aromatic N) is 4. The van der Waals surface area contributed by atoms with E-state index in [2.05, 4.69) is 28.1 Å². The predicted molar refractivity (Wildman–Crippen MR) is 128 cm³/mol. The number of aliphatic hydroxyl groups excluding tert-OH is 2. The number of aliphatic hydroxyl groups is 2. The Labute approximate surface area is 213 Å². The number of nitrogens with one attached hydrogen (secondary N) is 1. The smallest absolute Gasteiger partial charge is 0.387 e. The Kier molecular flexibility index (Phi) is 8.08. The number of imidazole rings is 1. The van der Waals surface area contributed by atoms with E-state index in [1.807, 2.05) is 5.09 Å². The van der Waals surface area contributed by atoms with Crippen LogP contribution < -0.4 is 10.8 Å². The number of anilines is 2. The van der Waals surface area contributed by atoms with Crippen LogP contribution in [-0.4, -0.2) is 69.3 Å². The lowest BCUT2D eigenvalue weighted by Gasteiger charge is -2.20. The van der Waals surface area contributed by atoms with Gasteiger partial charge in [-0.1, -0.05) is 17.7 Å². The van der Waals surface area contributed by atoms with Gasteiger partial charge in [-0.15, -0.1) is 0 Å². The molecule has 1 fully saturated rings. The summed E-state index contributed by atoms with van der Waals surface area (Å²) in [6.45, 7) is 0.833. The highest BCUT2D eigenvalue weighted by Gasteiger charge is 2.47. The molecule has 1 aliphatic heterocycles. The van der Waals surface area contributed by atoms with E-state index in [1.165, 1.54) is 23.0 Å². The van der Waals surface area contributed by atoms with Crippen molar-refractivity contribution in [1.82, 2.24) is 19.5 Å². The second-order valence-corrected chi connectivity index (χ2v) is 12.7. The minimum Gasteiger partial charge on any atom is -0.387 e. The maximum atomic E-state index is 12.2. The monoisotopic (exact) mass is 596 g/mol. The van der Waals surface area contributed by atoms with Crippen LogP contribution >= 0.6 is 23.4 Å². The van der Waals surface area contributed by atoms with Gasteiger partial charge < -0.3 is 35.4 Å². The number of fused-ring (bicyclic) bond motifs is 1. The van der Waals surface area contributed by atoms with Crippen LogP contribution in [0.4, 0.5) is 11.5 Å². The van der Waals surface area contributed by atoms with Gasteiger partial charge in [0.25, 0.3) is 0 Å². The summed E-state index contributed by atoms with van der Waals surface area (Å²) in [5, 5.41) is 22.7. The van der Waals surface area contributed by atoms with E-state index in [4.69, 9.17) is 10.5 Å². The Bertz CT molecular complexity index is 1450. The normalized spacial score (nSPS) is 26.5. The van der Waals surface area contributed by atoms with Gasteiger partial charge in [0, 0.05) is 5.69 Å². The molecule has 2 aromatic heterocycles. The molecule has 3 heterocycles. The zero-order chi connectivity index (χ0) is 27.9. The highest BCUT2D eigenvalue weighted by atomic mass is 31.3. The minimum atomic E-state index is -5.66. The molecule has 18 nitrogen and oxygen atoms in total. The van der Waals surface area contributed by atoms with Crippen molar-refractivity contribution in [2.75, 3.05) is 17.4 Å². The van der Waals surface area contributed by atoms with Gasteiger partial charge in [-0.25, -0.2) is 28.6 Å². The van der Waals surface area contributed by atoms with Gasteiger partial charge in [0.15, 0.2) is 17.7 Å². The Balaban J connectivity index is 1.37. The first-order chi connectivity index (χ1) is 17.7. The molecule has 0 saturated carbocycles. The molecule has 0 bridgehead atoms. The van der Waals surface area contributed by atoms with Crippen molar-refractivity contribution in [2.24, 2.45) is 0 Å². The predicted octanol–water partition coefficient (Wildman–Crippen LogP) is 0.799. The Morgan fingerprint density at radius 2 is 1.71 bits per heavy atom. The van der Waals surface area contributed by atoms with Crippen molar-refractivity contribution in [1.29, 1.82) is 0 Å². The number of nitrogen functional groups attached to an aromatic ring is 1. The van der Waals surface area contributed by atoms with E-state index < -0.39 is 54.5 Å². The van der Waals surface area contributed by atoms with Crippen molar-refractivity contribution in [3.63, 3.8) is 0 Å². The molecular weight excluding hydrogens is 573 g/mol. The first-order valence-electron chi connectivity index (χ1n) is 10.5. The van der Waals surface area contributed by atoms with E-state index in [1.54, 1.807) is 19.1 Å². The van der Waals surface area contributed by atoms with Crippen molar-refractivity contribution < 1.29 is 56.5 Å². The fourth-order valence-electron chi connectivity index (χ4n) is 3.44. The SMILES string of the molecule is Cc1ccc(NP(=O)(O)OP(=O)(O)OP(=O)(O)OC[C@H]2OC(n3cnc4c(N)ncnc43)[C@H](O)[C@@H]2O)cc1. The van der Waals surface area contributed by atoms with Crippen LogP contribution in [0, 0.1) is 6.92 Å². The number of phosphoric acid groups is 2. The number of rotatable bonds is 10. The summed E-state index contributed by atoms with van der Waals surface area (Å²) in [6, 6.07) is 5.92. The van der Waals surface area contributed by atoms with Gasteiger partial charge in [0.2, 0.25) is 0 Å². The van der Waals surface area contributed by atoms with E-state index >= 15 is 0 Å². The van der Waals surface area contributed by atoms with E-state index in [0.29, 0.717) is 0 Å². The number of benzene rings is 1. The molecule has 8 N–H and O–H groups in total. The number of hydrogen-bond acceptors (Lipinski definition) is 13. The molecule has 0 aliphatic carbocycles. The third-order valence-electron chi connectivity index (χ3n) is 5.14. The average molecular weight is 596 g/mol. The van der Waals surface area contributed by atoms with Crippen LogP contribution in [0.15, 0.2) is 36.9 Å². The molecule has 1 aromatic carbocycles. The molecule has 4 unspecified atom stereocenters. The standard InChI is InChI=1S/C17H23N6O12P3/c1-9-2-4-10(5-3-9)22-36(26,27)34-38(30,31)35-37(28,29)32-6-11-13(24)14(25)17(33-11)23-8-21-12-15(18)19-7-20-16(12)23/h2-5,7-8,11,13-14,17,24-25H,6H2,1H3,(H,28,29)(H,30,31)(H2,18,19,20)(H2,22,26,27)/t11-,13-,14-,17?/m1/s1. The largest absolute Gasteiger partial charge is 0.489 e. The molecule has 21 heteroatoms. The third-order valence-corrected chi connectivity index (χ3v) is 9.52. The quantitative estimate of drug-likeness (QED) is 0.159. The van der Waals surface area contributed by atoms with Gasteiger partial charge in [-0.2, -0.15) is 8.62 Å². The first kappa shape index (κ1) is 28.7. The van der Waals surface area contributed by atoms with E-state index in [0.717, 1.165) is 11.9 Å². The van der Waals surface area contributed by atoms with Crippen molar-refractivity contribution in [3.05, 3.63) is 42.5 Å². The van der Waals surface area contributed by atoms with Crippen LogP contribution in [0.3, 0.4) is 0 Å². The number of hydrogen-bond donors (Lipinski definition) is 7. The van der Waals surface area contributed by atoms with Crippen molar-refractivity contribution >= 4 is 46.1 Å². The van der Waals surface area contributed by atoms with Gasteiger partial charge >= 0.3 is 23.4 Å². The second kappa shape index (κ2) is 10.7. The molecule has 3 aromatic rings. The van der Waals surface area contributed by atoms with E-state index in [-0.39, 0.29) is 22.7 Å². The molecule has 38 heavy (non-hydrogen) atoms. The summed E-state index contributed by atoms with van der Waals surface area (Å²) >= 11 is 0. The summed E-state index contributed by atoms with van der Waals surface area (Å²) in [5.74, 6) is 0.0529. The number of aryl methyl sites for hydroxylation is 1. The fourth-order valence-corrected chi connectivity index (χ4v) is 7.15. The average Bonchev–Trinajstić information content (AvgIpc) is 3.34.